The molecule has 234 valence electrons. The Kier molecular flexibility index (Phi) is 16.5. The first kappa shape index (κ1) is 36.9. The van der Waals surface area contributed by atoms with Crippen LogP contribution in [0.4, 0.5) is 0 Å². The first-order valence-corrected chi connectivity index (χ1v) is 12.5. The molecule has 0 bridgehead atoms. The number of hydrogen-bond donors (Lipinski definition) is 12. The van der Waals surface area contributed by atoms with Crippen molar-refractivity contribution >= 4 is 41.5 Å². The molecule has 0 unspecified atom stereocenters. The molecule has 0 saturated carbocycles. The van der Waals surface area contributed by atoms with Crippen LogP contribution in [-0.2, 0) is 28.8 Å². The zero-order valence-corrected chi connectivity index (χ0v) is 23.0. The van der Waals surface area contributed by atoms with Crippen molar-refractivity contribution in [3.05, 3.63) is 0 Å². The van der Waals surface area contributed by atoms with Crippen LogP contribution in [-0.4, -0.2) is 124 Å². The van der Waals surface area contributed by atoms with Crippen LogP contribution >= 0.6 is 0 Å². The van der Waals surface area contributed by atoms with Gasteiger partial charge >= 0.3 is 5.97 Å². The number of carboxylic acid groups (broad SMARTS) is 1. The molecule has 0 aromatic rings. The lowest BCUT2D eigenvalue weighted by Crippen LogP contribution is -2.60. The largest absolute Gasteiger partial charge is 0.480 e. The van der Waals surface area contributed by atoms with E-state index in [9.17, 15) is 44.1 Å². The minimum atomic E-state index is -1.65. The topological polar surface area (TPSA) is 334 Å². The second-order valence-electron chi connectivity index (χ2n) is 9.08. The van der Waals surface area contributed by atoms with E-state index in [0.717, 1.165) is 6.92 Å². The van der Waals surface area contributed by atoms with Gasteiger partial charge < -0.3 is 64.2 Å². The van der Waals surface area contributed by atoms with Gasteiger partial charge in [0.2, 0.25) is 29.5 Å². The van der Waals surface area contributed by atoms with Crippen LogP contribution in [0.3, 0.4) is 0 Å². The Morgan fingerprint density at radius 1 is 0.732 bits per heavy atom. The Balaban J connectivity index is 5.59. The maximum absolute atomic E-state index is 12.9. The molecule has 0 aliphatic rings. The minimum absolute atomic E-state index is 0.0598. The average Bonchev–Trinajstić information content (AvgIpc) is 2.88. The van der Waals surface area contributed by atoms with Crippen molar-refractivity contribution in [3.63, 3.8) is 0 Å². The molecule has 0 aliphatic carbocycles. The predicted molar refractivity (Wildman–Crippen MR) is 142 cm³/mol. The molecule has 41 heavy (non-hydrogen) atoms. The third-order valence-electron chi connectivity index (χ3n) is 5.42. The molecule has 0 spiro atoms. The maximum Gasteiger partial charge on any atom is 0.328 e. The van der Waals surface area contributed by atoms with Crippen molar-refractivity contribution < 1.29 is 49.2 Å². The fourth-order valence-corrected chi connectivity index (χ4v) is 3.05. The summed E-state index contributed by atoms with van der Waals surface area (Å²) < 4.78 is 0. The predicted octanol–water partition coefficient (Wildman–Crippen LogP) is -6.72. The van der Waals surface area contributed by atoms with Gasteiger partial charge in [0, 0.05) is 6.54 Å². The molecule has 0 aromatic heterocycles. The van der Waals surface area contributed by atoms with Crippen LogP contribution in [0.5, 0.6) is 0 Å². The number of nitrogens with two attached hydrogens (primary N) is 3. The molecule has 0 fully saturated rings. The lowest BCUT2D eigenvalue weighted by molar-refractivity contribution is -0.145. The first-order valence-electron chi connectivity index (χ1n) is 12.5. The number of guanidine groups is 1. The summed E-state index contributed by atoms with van der Waals surface area (Å²) in [5, 5.41) is 48.8. The number of nitrogens with zero attached hydrogens (tertiary/aromatic N) is 1. The highest BCUT2D eigenvalue weighted by atomic mass is 16.4. The van der Waals surface area contributed by atoms with E-state index >= 15 is 0 Å². The number of nitrogens with one attached hydrogen (secondary N) is 5. The molecular weight excluding hydrogens is 550 g/mol. The number of amides is 5. The highest BCUT2D eigenvalue weighted by molar-refractivity contribution is 5.96. The smallest absolute Gasteiger partial charge is 0.328 e. The molecule has 0 rings (SSSR count). The summed E-state index contributed by atoms with van der Waals surface area (Å²) in [6, 6.07) is -8.43. The van der Waals surface area contributed by atoms with Crippen LogP contribution in [0.1, 0.15) is 33.6 Å². The summed E-state index contributed by atoms with van der Waals surface area (Å²) in [6.07, 6.45) is -1.36. The van der Waals surface area contributed by atoms with E-state index in [1.165, 1.54) is 13.8 Å². The number of rotatable bonds is 18. The standard InChI is InChI=1S/C22H41N9O10/c1-9(23)16(35)29-13(7-32)20(39)30-14(8-33)19(38)28-12(5-4-6-26-22(24)25)18(37)27-10(2)17(36)31-15(11(3)34)21(40)41/h9-15,32-34H,4-8,23H2,1-3H3,(H,27,37)(H,28,38)(H,29,35)(H,30,39)(H,31,36)(H,40,41)(H4,24,25,26)/t9-,10-,11+,12-,13-,14-,15-/m0/s1. The van der Waals surface area contributed by atoms with Gasteiger partial charge in [-0.1, -0.05) is 0 Å². The Morgan fingerprint density at radius 2 is 1.20 bits per heavy atom. The van der Waals surface area contributed by atoms with Crippen LogP contribution in [0.15, 0.2) is 4.99 Å². The normalized spacial score (nSPS) is 15.9. The number of aliphatic hydroxyl groups is 3. The van der Waals surface area contributed by atoms with Gasteiger partial charge in [-0.25, -0.2) is 4.79 Å². The SMILES string of the molecule is C[C@H](N)C(=O)N[C@@H](CO)C(=O)N[C@@H](CO)C(=O)N[C@@H](CCCN=C(N)N)C(=O)N[C@@H](C)C(=O)N[C@H](C(=O)O)[C@@H](C)O. The minimum Gasteiger partial charge on any atom is -0.480 e. The van der Waals surface area contributed by atoms with E-state index in [1.54, 1.807) is 0 Å². The Bertz CT molecular complexity index is 956. The second-order valence-corrected chi connectivity index (χ2v) is 9.08. The molecule has 5 amide bonds. The molecular formula is C22H41N9O10. The Labute approximate surface area is 235 Å². The van der Waals surface area contributed by atoms with Crippen molar-refractivity contribution in [2.24, 2.45) is 22.2 Å². The number of aliphatic hydroxyl groups excluding tert-OH is 3. The highest BCUT2D eigenvalue weighted by Gasteiger charge is 2.32. The van der Waals surface area contributed by atoms with E-state index in [2.05, 4.69) is 31.6 Å². The molecule has 7 atom stereocenters. The van der Waals surface area contributed by atoms with E-state index in [1.807, 2.05) is 0 Å². The van der Waals surface area contributed by atoms with E-state index in [0.29, 0.717) is 0 Å². The van der Waals surface area contributed by atoms with Crippen LogP contribution in [0.25, 0.3) is 0 Å². The van der Waals surface area contributed by atoms with E-state index < -0.39 is 91.1 Å². The molecule has 15 N–H and O–H groups in total. The van der Waals surface area contributed by atoms with Gasteiger partial charge in [-0.05, 0) is 33.6 Å². The summed E-state index contributed by atoms with van der Waals surface area (Å²) in [7, 11) is 0. The number of carbonyl (C=O) groups is 6. The summed E-state index contributed by atoms with van der Waals surface area (Å²) >= 11 is 0. The zero-order valence-electron chi connectivity index (χ0n) is 23.0. The van der Waals surface area contributed by atoms with Crippen LogP contribution in [0.2, 0.25) is 0 Å². The van der Waals surface area contributed by atoms with Gasteiger partial charge in [-0.2, -0.15) is 0 Å². The quantitative estimate of drug-likeness (QED) is 0.0401. The summed E-state index contributed by atoms with van der Waals surface area (Å²) in [5.41, 5.74) is 16.0. The molecule has 0 radical (unpaired) electrons. The maximum atomic E-state index is 12.9. The Hall–Kier alpha value is -4.07. The van der Waals surface area contributed by atoms with Crippen molar-refractivity contribution in [1.29, 1.82) is 0 Å². The molecule has 0 aliphatic heterocycles. The fourth-order valence-electron chi connectivity index (χ4n) is 3.05. The van der Waals surface area contributed by atoms with Crippen molar-refractivity contribution in [2.45, 2.75) is 76.0 Å². The zero-order chi connectivity index (χ0) is 31.9. The van der Waals surface area contributed by atoms with Gasteiger partial charge in [0.15, 0.2) is 12.0 Å². The lowest BCUT2D eigenvalue weighted by atomic mass is 10.1. The molecule has 0 aromatic carbocycles. The average molecular weight is 592 g/mol. The van der Waals surface area contributed by atoms with Gasteiger partial charge in [-0.15, -0.1) is 0 Å². The molecule has 0 saturated heterocycles. The molecule has 19 heteroatoms. The number of hydrogen-bond acceptors (Lipinski definition) is 11. The van der Waals surface area contributed by atoms with Crippen LogP contribution in [0, 0.1) is 0 Å². The third kappa shape index (κ3) is 13.7. The van der Waals surface area contributed by atoms with Gasteiger partial charge in [0.1, 0.15) is 24.2 Å². The third-order valence-corrected chi connectivity index (χ3v) is 5.42. The number of carboxylic acids is 1. The van der Waals surface area contributed by atoms with Crippen molar-refractivity contribution in [2.75, 3.05) is 19.8 Å². The highest BCUT2D eigenvalue weighted by Crippen LogP contribution is 2.02. The summed E-state index contributed by atoms with van der Waals surface area (Å²) in [4.78, 5) is 77.4. The summed E-state index contributed by atoms with van der Waals surface area (Å²) in [6.45, 7) is 1.99. The lowest BCUT2D eigenvalue weighted by Gasteiger charge is -2.25. The van der Waals surface area contributed by atoms with Crippen LogP contribution < -0.4 is 43.8 Å². The van der Waals surface area contributed by atoms with Gasteiger partial charge in [-0.3, -0.25) is 29.0 Å². The van der Waals surface area contributed by atoms with Crippen molar-refractivity contribution in [3.8, 4) is 0 Å². The monoisotopic (exact) mass is 591 g/mol. The first-order chi connectivity index (χ1) is 19.0. The van der Waals surface area contributed by atoms with E-state index in [-0.39, 0.29) is 25.3 Å². The fraction of sp³-hybridized carbons (Fsp3) is 0.682. The molecule has 19 nitrogen and oxygen atoms in total. The number of carbonyl (C=O) groups excluding carboxylic acids is 5. The van der Waals surface area contributed by atoms with Crippen molar-refractivity contribution in [1.82, 2.24) is 26.6 Å². The van der Waals surface area contributed by atoms with Gasteiger partial charge in [0.25, 0.3) is 0 Å². The summed E-state index contributed by atoms with van der Waals surface area (Å²) in [5.74, 6) is -6.38. The molecule has 0 heterocycles. The number of aliphatic carboxylic acids is 1. The Morgan fingerprint density at radius 3 is 1.61 bits per heavy atom. The second kappa shape index (κ2) is 18.3. The van der Waals surface area contributed by atoms with Gasteiger partial charge in [0.05, 0.1) is 25.4 Å². The van der Waals surface area contributed by atoms with E-state index in [4.69, 9.17) is 22.3 Å². The number of aliphatic imine (C=N–C) groups is 1.